The van der Waals surface area contributed by atoms with E-state index in [-0.39, 0.29) is 17.2 Å². The monoisotopic (exact) mass is 343 g/mol. The van der Waals surface area contributed by atoms with E-state index >= 15 is 0 Å². The van der Waals surface area contributed by atoms with E-state index < -0.39 is 0 Å². The Kier molecular flexibility index (Phi) is 5.02. The molecule has 1 saturated heterocycles. The third-order valence-corrected chi connectivity index (χ3v) is 4.90. The summed E-state index contributed by atoms with van der Waals surface area (Å²) < 4.78 is 0. The minimum atomic E-state index is 0.0464. The topological polar surface area (TPSA) is 61.4 Å². The Morgan fingerprint density at radius 2 is 1.96 bits per heavy atom. The second-order valence-electron chi connectivity index (χ2n) is 8.46. The lowest BCUT2D eigenvalue weighted by atomic mass is 9.91. The molecule has 2 aliphatic rings. The number of likely N-dealkylation sites (tertiary alicyclic amines) is 1. The number of nitrogens with zero attached hydrogens (tertiary/aromatic N) is 1. The minimum absolute atomic E-state index is 0.0464. The summed E-state index contributed by atoms with van der Waals surface area (Å²) in [5.41, 5.74) is 3.28. The maximum Gasteiger partial charge on any atom is 0.224 e. The number of piperidine rings is 1. The van der Waals surface area contributed by atoms with Gasteiger partial charge in [-0.05, 0) is 48.4 Å². The zero-order chi connectivity index (χ0) is 18.0. The van der Waals surface area contributed by atoms with Gasteiger partial charge in [0, 0.05) is 43.3 Å². The quantitative estimate of drug-likeness (QED) is 0.884. The summed E-state index contributed by atoms with van der Waals surface area (Å²) in [5, 5.41) is 6.52. The third kappa shape index (κ3) is 4.74. The van der Waals surface area contributed by atoms with E-state index in [1.165, 1.54) is 5.56 Å². The summed E-state index contributed by atoms with van der Waals surface area (Å²) in [7, 11) is 0. The summed E-state index contributed by atoms with van der Waals surface area (Å²) in [6.07, 6.45) is 3.93. The molecule has 1 fully saturated rings. The lowest BCUT2D eigenvalue weighted by molar-refractivity contribution is -0.134. The third-order valence-electron chi connectivity index (χ3n) is 4.90. The molecule has 1 aromatic rings. The van der Waals surface area contributed by atoms with Crippen molar-refractivity contribution >= 4 is 23.2 Å². The Morgan fingerprint density at radius 3 is 2.64 bits per heavy atom. The fourth-order valence-corrected chi connectivity index (χ4v) is 3.55. The summed E-state index contributed by atoms with van der Waals surface area (Å²) in [6, 6.07) is 6.55. The molecule has 0 aliphatic carbocycles. The smallest absolute Gasteiger partial charge is 0.224 e. The Labute approximate surface area is 150 Å². The SMILES string of the molecule is CC(C)(C)CC(=O)N1CCC(Nc2ccc3c(c2)CCC(=O)N3)CC1. The fourth-order valence-electron chi connectivity index (χ4n) is 3.55. The van der Waals surface area contributed by atoms with Crippen LogP contribution in [0.2, 0.25) is 0 Å². The Morgan fingerprint density at radius 1 is 1.24 bits per heavy atom. The van der Waals surface area contributed by atoms with Crippen molar-refractivity contribution < 1.29 is 9.59 Å². The van der Waals surface area contributed by atoms with Gasteiger partial charge in [-0.1, -0.05) is 20.8 Å². The number of carbonyl (C=O) groups is 2. The molecule has 0 radical (unpaired) electrons. The van der Waals surface area contributed by atoms with Crippen LogP contribution in [-0.2, 0) is 16.0 Å². The molecule has 2 amide bonds. The molecular weight excluding hydrogens is 314 g/mol. The second kappa shape index (κ2) is 7.06. The average molecular weight is 343 g/mol. The number of anilines is 2. The lowest BCUT2D eigenvalue weighted by Gasteiger charge is -2.34. The number of rotatable bonds is 3. The van der Waals surface area contributed by atoms with Crippen molar-refractivity contribution in [3.63, 3.8) is 0 Å². The van der Waals surface area contributed by atoms with Gasteiger partial charge in [-0.25, -0.2) is 0 Å². The zero-order valence-electron chi connectivity index (χ0n) is 15.5. The van der Waals surface area contributed by atoms with E-state index in [2.05, 4.69) is 37.5 Å². The predicted octanol–water partition coefficient (Wildman–Crippen LogP) is 3.41. The molecule has 0 atom stereocenters. The van der Waals surface area contributed by atoms with Crippen LogP contribution < -0.4 is 10.6 Å². The molecule has 25 heavy (non-hydrogen) atoms. The van der Waals surface area contributed by atoms with Gasteiger partial charge in [-0.2, -0.15) is 0 Å². The minimum Gasteiger partial charge on any atom is -0.382 e. The van der Waals surface area contributed by atoms with E-state index in [0.717, 1.165) is 43.7 Å². The number of aryl methyl sites for hydroxylation is 1. The van der Waals surface area contributed by atoms with Crippen molar-refractivity contribution in [1.29, 1.82) is 0 Å². The molecule has 0 spiro atoms. The molecular formula is C20H29N3O2. The number of nitrogens with one attached hydrogen (secondary N) is 2. The number of benzene rings is 1. The highest BCUT2D eigenvalue weighted by molar-refractivity contribution is 5.94. The molecule has 0 saturated carbocycles. The summed E-state index contributed by atoms with van der Waals surface area (Å²) >= 11 is 0. The molecule has 0 unspecified atom stereocenters. The fraction of sp³-hybridized carbons (Fsp3) is 0.600. The highest BCUT2D eigenvalue weighted by Gasteiger charge is 2.26. The summed E-state index contributed by atoms with van der Waals surface area (Å²) in [5.74, 6) is 0.371. The van der Waals surface area contributed by atoms with Crippen LogP contribution in [0.15, 0.2) is 18.2 Å². The van der Waals surface area contributed by atoms with E-state index in [4.69, 9.17) is 0 Å². The number of amides is 2. The van der Waals surface area contributed by atoms with Gasteiger partial charge in [0.15, 0.2) is 0 Å². The maximum atomic E-state index is 12.3. The molecule has 0 aromatic heterocycles. The molecule has 1 aromatic carbocycles. The molecule has 0 bridgehead atoms. The van der Waals surface area contributed by atoms with Crippen LogP contribution in [0.25, 0.3) is 0 Å². The summed E-state index contributed by atoms with van der Waals surface area (Å²) in [6.45, 7) is 7.98. The van der Waals surface area contributed by atoms with E-state index in [9.17, 15) is 9.59 Å². The molecule has 5 nitrogen and oxygen atoms in total. The van der Waals surface area contributed by atoms with Crippen LogP contribution in [0.4, 0.5) is 11.4 Å². The van der Waals surface area contributed by atoms with Crippen molar-refractivity contribution in [3.05, 3.63) is 23.8 Å². The maximum absolute atomic E-state index is 12.3. The van der Waals surface area contributed by atoms with Crippen LogP contribution in [0.5, 0.6) is 0 Å². The van der Waals surface area contributed by atoms with Gasteiger partial charge in [0.25, 0.3) is 0 Å². The first-order valence-corrected chi connectivity index (χ1v) is 9.27. The van der Waals surface area contributed by atoms with Crippen molar-refractivity contribution in [2.75, 3.05) is 23.7 Å². The van der Waals surface area contributed by atoms with Crippen LogP contribution in [0.3, 0.4) is 0 Å². The van der Waals surface area contributed by atoms with Crippen LogP contribution in [0.1, 0.15) is 52.0 Å². The second-order valence-corrected chi connectivity index (χ2v) is 8.46. The molecule has 2 N–H and O–H groups in total. The van der Waals surface area contributed by atoms with Crippen LogP contribution in [0, 0.1) is 5.41 Å². The van der Waals surface area contributed by atoms with E-state index in [1.54, 1.807) is 0 Å². The molecule has 5 heteroatoms. The normalized spacial score (nSPS) is 18.5. The van der Waals surface area contributed by atoms with E-state index in [0.29, 0.717) is 18.9 Å². The first-order valence-electron chi connectivity index (χ1n) is 9.27. The zero-order valence-corrected chi connectivity index (χ0v) is 15.5. The number of hydrogen-bond donors (Lipinski definition) is 2. The molecule has 136 valence electrons. The predicted molar refractivity (Wildman–Crippen MR) is 101 cm³/mol. The van der Waals surface area contributed by atoms with Crippen molar-refractivity contribution in [2.24, 2.45) is 5.41 Å². The first-order chi connectivity index (χ1) is 11.8. The van der Waals surface area contributed by atoms with Crippen molar-refractivity contribution in [1.82, 2.24) is 4.90 Å². The van der Waals surface area contributed by atoms with Gasteiger partial charge >= 0.3 is 0 Å². The van der Waals surface area contributed by atoms with Gasteiger partial charge in [-0.15, -0.1) is 0 Å². The van der Waals surface area contributed by atoms with Crippen molar-refractivity contribution in [2.45, 2.75) is 58.9 Å². The van der Waals surface area contributed by atoms with Crippen LogP contribution in [-0.4, -0.2) is 35.8 Å². The van der Waals surface area contributed by atoms with Crippen LogP contribution >= 0.6 is 0 Å². The Bertz CT molecular complexity index is 655. The Hall–Kier alpha value is -2.04. The highest BCUT2D eigenvalue weighted by Crippen LogP contribution is 2.27. The molecule has 2 heterocycles. The summed E-state index contributed by atoms with van der Waals surface area (Å²) in [4.78, 5) is 25.8. The van der Waals surface area contributed by atoms with E-state index in [1.807, 2.05) is 17.0 Å². The highest BCUT2D eigenvalue weighted by atomic mass is 16.2. The average Bonchev–Trinajstić information content (AvgIpc) is 2.54. The van der Waals surface area contributed by atoms with Gasteiger partial charge in [-0.3, -0.25) is 9.59 Å². The first kappa shape index (κ1) is 17.8. The number of hydrogen-bond acceptors (Lipinski definition) is 3. The van der Waals surface area contributed by atoms with Gasteiger partial charge in [0.05, 0.1) is 0 Å². The van der Waals surface area contributed by atoms with Crippen molar-refractivity contribution in [3.8, 4) is 0 Å². The Balaban J connectivity index is 1.53. The number of carbonyl (C=O) groups excluding carboxylic acids is 2. The van der Waals surface area contributed by atoms with Gasteiger partial charge < -0.3 is 15.5 Å². The number of fused-ring (bicyclic) bond motifs is 1. The lowest BCUT2D eigenvalue weighted by Crippen LogP contribution is -2.43. The standard InChI is InChI=1S/C20H29N3O2/c1-20(2,3)13-19(25)23-10-8-15(9-11-23)21-16-5-6-17-14(12-16)4-7-18(24)22-17/h5-6,12,15,21H,4,7-11,13H2,1-3H3,(H,22,24). The van der Waals surface area contributed by atoms with Gasteiger partial charge in [0.1, 0.15) is 0 Å². The van der Waals surface area contributed by atoms with Gasteiger partial charge in [0.2, 0.25) is 11.8 Å². The molecule has 2 aliphatic heterocycles. The largest absolute Gasteiger partial charge is 0.382 e. The molecule has 3 rings (SSSR count).